The molecule has 0 saturated carbocycles. The fourth-order valence-electron chi connectivity index (χ4n) is 5.21. The van der Waals surface area contributed by atoms with Crippen LogP contribution in [0.2, 0.25) is 43.8 Å². The summed E-state index contributed by atoms with van der Waals surface area (Å²) in [5.41, 5.74) is 1.74. The Kier molecular flexibility index (Phi) is 8.23. The lowest BCUT2D eigenvalue weighted by Gasteiger charge is -2.47. The number of benzene rings is 1. The van der Waals surface area contributed by atoms with Crippen molar-refractivity contribution in [3.63, 3.8) is 0 Å². The fourth-order valence-corrected chi connectivity index (χ4v) is 8.80. The predicted molar refractivity (Wildman–Crippen MR) is 151 cm³/mol. The summed E-state index contributed by atoms with van der Waals surface area (Å²) in [4.78, 5) is 0. The molecule has 0 aromatic heterocycles. The van der Waals surface area contributed by atoms with Gasteiger partial charge >= 0.3 is 0 Å². The fraction of sp³-hybridized carbons (Fsp3) is 0.704. The summed E-state index contributed by atoms with van der Waals surface area (Å²) >= 11 is 3.67. The van der Waals surface area contributed by atoms with E-state index < -0.39 is 22.0 Å². The summed E-state index contributed by atoms with van der Waals surface area (Å²) in [6, 6.07) is 5.13. The Morgan fingerprint density at radius 2 is 1.67 bits per heavy atom. The lowest BCUT2D eigenvalue weighted by Crippen LogP contribution is -2.46. The van der Waals surface area contributed by atoms with Gasteiger partial charge in [-0.25, -0.2) is 0 Å². The quantitative estimate of drug-likeness (QED) is 0.271. The molecule has 6 heteroatoms. The van der Waals surface area contributed by atoms with Crippen molar-refractivity contribution >= 4 is 32.3 Å². The van der Waals surface area contributed by atoms with Gasteiger partial charge in [0.2, 0.25) is 8.32 Å². The Labute approximate surface area is 213 Å². The van der Waals surface area contributed by atoms with Crippen molar-refractivity contribution in [1.29, 1.82) is 0 Å². The van der Waals surface area contributed by atoms with E-state index in [1.807, 2.05) is 0 Å². The summed E-state index contributed by atoms with van der Waals surface area (Å²) in [6.45, 7) is 25.2. The van der Waals surface area contributed by atoms with Gasteiger partial charge in [0.25, 0.3) is 0 Å². The lowest BCUT2D eigenvalue weighted by atomic mass is 9.62. The van der Waals surface area contributed by atoms with E-state index in [0.717, 1.165) is 34.9 Å². The molecule has 33 heavy (non-hydrogen) atoms. The Balaban J connectivity index is 2.50. The second-order valence-corrected chi connectivity index (χ2v) is 24.7. The Morgan fingerprint density at radius 3 is 2.12 bits per heavy atom. The van der Waals surface area contributed by atoms with E-state index in [1.54, 1.807) is 7.11 Å². The molecule has 0 fully saturated rings. The smallest absolute Gasteiger partial charge is 0.250 e. The first-order valence-electron chi connectivity index (χ1n) is 12.2. The number of methoxy groups -OCH3 is 1. The van der Waals surface area contributed by atoms with Gasteiger partial charge < -0.3 is 14.3 Å². The molecule has 2 unspecified atom stereocenters. The highest BCUT2D eigenvalue weighted by molar-refractivity contribution is 9.10. The van der Waals surface area contributed by atoms with Crippen LogP contribution in [0.1, 0.15) is 53.5 Å². The van der Waals surface area contributed by atoms with Gasteiger partial charge in [-0.05, 0) is 88.9 Å². The van der Waals surface area contributed by atoms with Crippen LogP contribution in [0.4, 0.5) is 0 Å². The van der Waals surface area contributed by atoms with Crippen LogP contribution in [0.5, 0.6) is 11.5 Å². The van der Waals surface area contributed by atoms with Gasteiger partial charge in [0, 0.05) is 8.07 Å². The first kappa shape index (κ1) is 28.7. The third-order valence-corrected chi connectivity index (χ3v) is 14.2. The van der Waals surface area contributed by atoms with Gasteiger partial charge in [0.05, 0.1) is 17.2 Å². The van der Waals surface area contributed by atoms with E-state index in [-0.39, 0.29) is 10.5 Å². The lowest BCUT2D eigenvalue weighted by molar-refractivity contribution is 0.0245. The molecule has 188 valence electrons. The summed E-state index contributed by atoms with van der Waals surface area (Å²) < 4.78 is 13.4. The molecule has 2 atom stereocenters. The number of allylic oxidation sites excluding steroid dienone is 1. The highest BCUT2D eigenvalue weighted by Crippen LogP contribution is 2.50. The van der Waals surface area contributed by atoms with Crippen LogP contribution in [-0.4, -0.2) is 34.2 Å². The summed E-state index contributed by atoms with van der Waals surface area (Å²) in [7, 11) is -1.70. The average Bonchev–Trinajstić information content (AvgIpc) is 2.55. The zero-order valence-corrected chi connectivity index (χ0v) is 26.7. The molecular weight excluding hydrogens is 508 g/mol. The molecular formula is C27H47BrO3Si2. The molecule has 1 N–H and O–H groups in total. The molecule has 0 heterocycles. The monoisotopic (exact) mass is 554 g/mol. The van der Waals surface area contributed by atoms with E-state index in [9.17, 15) is 5.11 Å². The molecule has 1 aromatic rings. The molecule has 0 saturated heterocycles. The molecule has 3 nitrogen and oxygen atoms in total. The van der Waals surface area contributed by atoms with Gasteiger partial charge in [0.15, 0.2) is 0 Å². The number of ether oxygens (including phenoxy) is 1. The van der Waals surface area contributed by atoms with Crippen molar-refractivity contribution in [2.45, 2.75) is 104 Å². The number of halogens is 1. The highest BCUT2D eigenvalue weighted by Gasteiger charge is 2.45. The topological polar surface area (TPSA) is 38.7 Å². The van der Waals surface area contributed by atoms with Crippen LogP contribution >= 0.6 is 15.9 Å². The SMILES string of the molecule is COc1cc(CC2C(C)=CC(O)(C[Si](C)(C)C)CC2(C)C)c(O[Si](C)(C)C(C)(C)C)cc1Br. The highest BCUT2D eigenvalue weighted by atomic mass is 79.9. The summed E-state index contributed by atoms with van der Waals surface area (Å²) in [6.07, 6.45) is 3.83. The standard InChI is InChI=1S/C27H47BrO3Si2/c1-19-16-27(29,18-32(8,9)10)17-26(5,6)21(19)13-20-14-24(30-7)22(28)15-23(20)31-33(11,12)25(2,3)4/h14-16,21,29H,13,17-18H2,1-12H3. The van der Waals surface area contributed by atoms with Gasteiger partial charge in [0.1, 0.15) is 11.5 Å². The number of aliphatic hydroxyl groups is 1. The van der Waals surface area contributed by atoms with Crippen LogP contribution in [0.15, 0.2) is 28.3 Å². The molecule has 0 amide bonds. The maximum absolute atomic E-state index is 11.5. The van der Waals surface area contributed by atoms with Crippen LogP contribution in [0, 0.1) is 11.3 Å². The van der Waals surface area contributed by atoms with E-state index in [1.165, 1.54) is 11.1 Å². The van der Waals surface area contributed by atoms with Crippen LogP contribution in [0.3, 0.4) is 0 Å². The summed E-state index contributed by atoms with van der Waals surface area (Å²) in [5.74, 6) is 2.12. The van der Waals surface area contributed by atoms with Crippen LogP contribution in [0.25, 0.3) is 0 Å². The van der Waals surface area contributed by atoms with Crippen molar-refractivity contribution in [3.05, 3.63) is 33.8 Å². The molecule has 0 bridgehead atoms. The molecule has 0 spiro atoms. The minimum Gasteiger partial charge on any atom is -0.543 e. The third-order valence-electron chi connectivity index (χ3n) is 7.52. The predicted octanol–water partition coefficient (Wildman–Crippen LogP) is 8.45. The number of hydrogen-bond acceptors (Lipinski definition) is 3. The molecule has 1 aromatic carbocycles. The third kappa shape index (κ3) is 6.99. The Bertz CT molecular complexity index is 894. The largest absolute Gasteiger partial charge is 0.543 e. The first-order chi connectivity index (χ1) is 14.7. The van der Waals surface area contributed by atoms with E-state index in [0.29, 0.717) is 5.92 Å². The number of hydrogen-bond donors (Lipinski definition) is 1. The first-order valence-corrected chi connectivity index (χ1v) is 19.6. The van der Waals surface area contributed by atoms with E-state index >= 15 is 0 Å². The summed E-state index contributed by atoms with van der Waals surface area (Å²) in [5, 5.41) is 11.6. The van der Waals surface area contributed by atoms with Crippen molar-refractivity contribution in [1.82, 2.24) is 0 Å². The average molecular weight is 556 g/mol. The molecule has 0 radical (unpaired) electrons. The van der Waals surface area contributed by atoms with Crippen molar-refractivity contribution in [3.8, 4) is 11.5 Å². The maximum Gasteiger partial charge on any atom is 0.250 e. The second-order valence-electron chi connectivity index (χ2n) is 13.6. The van der Waals surface area contributed by atoms with Gasteiger partial charge in [-0.3, -0.25) is 0 Å². The molecule has 1 aliphatic carbocycles. The van der Waals surface area contributed by atoms with Crippen molar-refractivity contribution < 1.29 is 14.3 Å². The number of rotatable bonds is 7. The normalized spacial score (nSPS) is 23.8. The Hall–Kier alpha value is -0.566. The van der Waals surface area contributed by atoms with Crippen molar-refractivity contribution in [2.75, 3.05) is 7.11 Å². The maximum atomic E-state index is 11.5. The van der Waals surface area contributed by atoms with Crippen molar-refractivity contribution in [2.24, 2.45) is 11.3 Å². The van der Waals surface area contributed by atoms with Gasteiger partial charge in [-0.2, -0.15) is 0 Å². The second kappa shape index (κ2) is 9.47. The van der Waals surface area contributed by atoms with E-state index in [4.69, 9.17) is 9.16 Å². The van der Waals surface area contributed by atoms with Crippen LogP contribution < -0.4 is 9.16 Å². The van der Waals surface area contributed by atoms with Gasteiger partial charge in [-0.1, -0.05) is 65.9 Å². The minimum absolute atomic E-state index is 0.0260. The zero-order valence-electron chi connectivity index (χ0n) is 23.1. The zero-order chi connectivity index (χ0) is 25.6. The van der Waals surface area contributed by atoms with Crippen LogP contribution in [-0.2, 0) is 6.42 Å². The minimum atomic E-state index is -2.01. The molecule has 1 aliphatic rings. The van der Waals surface area contributed by atoms with E-state index in [2.05, 4.69) is 108 Å². The van der Waals surface area contributed by atoms with Gasteiger partial charge in [-0.15, -0.1) is 0 Å². The molecule has 2 rings (SSSR count). The Morgan fingerprint density at radius 1 is 1.09 bits per heavy atom. The molecule has 0 aliphatic heterocycles.